The molecular formula is C28H31ClFN3O6S2. The third-order valence-corrected chi connectivity index (χ3v) is 9.99. The van der Waals surface area contributed by atoms with Gasteiger partial charge in [0.25, 0.3) is 0 Å². The Morgan fingerprint density at radius 2 is 1.98 bits per heavy atom. The van der Waals surface area contributed by atoms with E-state index in [0.717, 1.165) is 14.6 Å². The van der Waals surface area contributed by atoms with Crippen molar-refractivity contribution in [2.75, 3.05) is 18.8 Å². The molecule has 2 saturated heterocycles. The van der Waals surface area contributed by atoms with Crippen molar-refractivity contribution in [3.8, 4) is 16.9 Å². The van der Waals surface area contributed by atoms with E-state index in [4.69, 9.17) is 21.1 Å². The molecule has 13 heteroatoms. The second-order valence-corrected chi connectivity index (χ2v) is 14.8. The van der Waals surface area contributed by atoms with Gasteiger partial charge in [0.05, 0.1) is 35.6 Å². The fourth-order valence-electron chi connectivity index (χ4n) is 4.96. The van der Waals surface area contributed by atoms with Gasteiger partial charge in [-0.3, -0.25) is 9.78 Å². The number of rotatable bonds is 5. The Morgan fingerprint density at radius 3 is 2.68 bits per heavy atom. The van der Waals surface area contributed by atoms with Crippen molar-refractivity contribution in [2.24, 2.45) is 0 Å². The summed E-state index contributed by atoms with van der Waals surface area (Å²) in [6, 6.07) is 7.01. The number of hydrogen-bond acceptors (Lipinski definition) is 8. The molecule has 41 heavy (non-hydrogen) atoms. The van der Waals surface area contributed by atoms with Crippen LogP contribution in [0.4, 0.5) is 9.18 Å². The average molecular weight is 624 g/mol. The molecule has 5 rings (SSSR count). The predicted molar refractivity (Wildman–Crippen MR) is 155 cm³/mol. The first-order valence-electron chi connectivity index (χ1n) is 13.2. The van der Waals surface area contributed by atoms with Gasteiger partial charge in [0.15, 0.2) is 6.17 Å². The van der Waals surface area contributed by atoms with E-state index < -0.39 is 39.9 Å². The van der Waals surface area contributed by atoms with Gasteiger partial charge in [0, 0.05) is 33.6 Å². The number of aromatic nitrogens is 1. The maximum atomic E-state index is 15.1. The summed E-state index contributed by atoms with van der Waals surface area (Å²) in [5.74, 6) is -0.0531. The van der Waals surface area contributed by atoms with E-state index in [2.05, 4.69) is 4.98 Å². The van der Waals surface area contributed by atoms with Crippen molar-refractivity contribution in [3.63, 3.8) is 0 Å². The molecule has 2 amide bonds. The second-order valence-electron chi connectivity index (χ2n) is 11.3. The Hall–Kier alpha value is -2.96. The lowest BCUT2D eigenvalue weighted by Gasteiger charge is -2.25. The zero-order valence-corrected chi connectivity index (χ0v) is 25.5. The quantitative estimate of drug-likeness (QED) is 0.358. The summed E-state index contributed by atoms with van der Waals surface area (Å²) in [5, 5.41) is 0.454. The van der Waals surface area contributed by atoms with E-state index in [1.54, 1.807) is 51.2 Å². The molecular weight excluding hydrogens is 593 g/mol. The molecule has 220 valence electrons. The number of aryl methyl sites for hydroxylation is 1. The Morgan fingerprint density at radius 1 is 1.22 bits per heavy atom. The molecule has 9 nitrogen and oxygen atoms in total. The van der Waals surface area contributed by atoms with Crippen LogP contribution in [0.1, 0.15) is 44.1 Å². The minimum absolute atomic E-state index is 0.0187. The highest BCUT2D eigenvalue weighted by Crippen LogP contribution is 2.42. The van der Waals surface area contributed by atoms with Crippen LogP contribution in [0.2, 0.25) is 5.02 Å². The summed E-state index contributed by atoms with van der Waals surface area (Å²) < 4.78 is 53.6. The standard InChI is InChI=1S/C28H31ClFN3O6S2/c1-16-10-17(29)11-20(25(16)38-23-15-32(14-21(23)30)27(35)39-28(2,3)4)19-7-8-31-22-12-18(40-26(19)22)13-33-24(34)6-5-9-41(33,36)37/h7-8,10-12,21,23H,5-6,9,13-15H2,1-4H3/t21-,23+/m0/s1. The van der Waals surface area contributed by atoms with Crippen LogP contribution < -0.4 is 4.74 Å². The van der Waals surface area contributed by atoms with E-state index >= 15 is 4.39 Å². The lowest BCUT2D eigenvalue weighted by atomic mass is 10.0. The van der Waals surface area contributed by atoms with Crippen molar-refractivity contribution in [1.29, 1.82) is 0 Å². The number of halogens is 2. The van der Waals surface area contributed by atoms with Crippen molar-refractivity contribution in [2.45, 2.75) is 65.0 Å². The summed E-state index contributed by atoms with van der Waals surface area (Å²) in [6.07, 6.45) is -0.820. The Bertz CT molecular complexity index is 1620. The fraction of sp³-hybridized carbons (Fsp3) is 0.464. The highest BCUT2D eigenvalue weighted by molar-refractivity contribution is 7.89. The number of pyridine rings is 1. The van der Waals surface area contributed by atoms with Gasteiger partial charge in [0.1, 0.15) is 17.5 Å². The number of carbonyl (C=O) groups is 2. The van der Waals surface area contributed by atoms with Crippen molar-refractivity contribution in [1.82, 2.24) is 14.2 Å². The average Bonchev–Trinajstić information content (AvgIpc) is 3.44. The van der Waals surface area contributed by atoms with Gasteiger partial charge in [-0.15, -0.1) is 11.3 Å². The molecule has 2 aliphatic heterocycles. The first-order valence-corrected chi connectivity index (χ1v) is 16.0. The number of likely N-dealkylation sites (tertiary alicyclic amines) is 1. The lowest BCUT2D eigenvalue weighted by molar-refractivity contribution is -0.127. The van der Waals surface area contributed by atoms with Crippen LogP contribution in [-0.2, 0) is 26.1 Å². The topological polar surface area (TPSA) is 106 Å². The van der Waals surface area contributed by atoms with Crippen molar-refractivity contribution in [3.05, 3.63) is 45.9 Å². The molecule has 2 aromatic heterocycles. The van der Waals surface area contributed by atoms with Crippen molar-refractivity contribution < 1.29 is 31.9 Å². The number of ether oxygens (including phenoxy) is 2. The summed E-state index contributed by atoms with van der Waals surface area (Å²) in [6.45, 7) is 6.87. The Balaban J connectivity index is 1.47. The molecule has 2 fully saturated rings. The molecule has 2 atom stereocenters. The number of amides is 2. The Kier molecular flexibility index (Phi) is 7.95. The largest absolute Gasteiger partial charge is 0.485 e. The Labute approximate surface area is 247 Å². The summed E-state index contributed by atoms with van der Waals surface area (Å²) in [7, 11) is -3.67. The van der Waals surface area contributed by atoms with Gasteiger partial charge in [-0.25, -0.2) is 21.9 Å². The van der Waals surface area contributed by atoms with Gasteiger partial charge < -0.3 is 14.4 Å². The van der Waals surface area contributed by atoms with E-state index in [9.17, 15) is 18.0 Å². The monoisotopic (exact) mass is 623 g/mol. The molecule has 0 saturated carbocycles. The van der Waals surface area contributed by atoms with Crippen LogP contribution in [-0.4, -0.2) is 71.3 Å². The first kappa shape index (κ1) is 29.5. The highest BCUT2D eigenvalue weighted by Gasteiger charge is 2.39. The fourth-order valence-corrected chi connectivity index (χ4v) is 7.91. The van der Waals surface area contributed by atoms with Crippen LogP contribution in [0.3, 0.4) is 0 Å². The molecule has 3 aromatic rings. The molecule has 1 aromatic carbocycles. The number of benzene rings is 1. The van der Waals surface area contributed by atoms with Gasteiger partial charge in [-0.05, 0) is 63.9 Å². The maximum absolute atomic E-state index is 15.1. The van der Waals surface area contributed by atoms with Crippen LogP contribution >= 0.6 is 22.9 Å². The lowest BCUT2D eigenvalue weighted by Crippen LogP contribution is -2.41. The maximum Gasteiger partial charge on any atom is 0.410 e. The van der Waals surface area contributed by atoms with Crippen LogP contribution in [0, 0.1) is 6.92 Å². The van der Waals surface area contributed by atoms with Gasteiger partial charge in [-0.1, -0.05) is 11.6 Å². The van der Waals surface area contributed by atoms with Gasteiger partial charge >= 0.3 is 6.09 Å². The highest BCUT2D eigenvalue weighted by atomic mass is 35.5. The molecule has 0 bridgehead atoms. The van der Waals surface area contributed by atoms with Crippen molar-refractivity contribution >= 4 is 55.2 Å². The number of alkyl halides is 1. The molecule has 0 unspecified atom stereocenters. The number of nitrogens with zero attached hydrogens (tertiary/aromatic N) is 3. The minimum atomic E-state index is -3.67. The normalized spacial score (nSPS) is 21.0. The summed E-state index contributed by atoms with van der Waals surface area (Å²) >= 11 is 7.78. The third-order valence-electron chi connectivity index (χ3n) is 6.82. The number of carbonyl (C=O) groups excluding carboxylic acids is 2. The van der Waals surface area contributed by atoms with E-state index in [1.807, 2.05) is 6.92 Å². The number of sulfonamides is 1. The number of fused-ring (bicyclic) bond motifs is 1. The third kappa shape index (κ3) is 6.29. The second kappa shape index (κ2) is 11.0. The summed E-state index contributed by atoms with van der Waals surface area (Å²) in [4.78, 5) is 31.4. The zero-order valence-electron chi connectivity index (χ0n) is 23.1. The minimum Gasteiger partial charge on any atom is -0.485 e. The van der Waals surface area contributed by atoms with E-state index in [0.29, 0.717) is 38.7 Å². The van der Waals surface area contributed by atoms with Crippen LogP contribution in [0.25, 0.3) is 21.3 Å². The SMILES string of the molecule is Cc1cc(Cl)cc(-c2ccnc3cc(CN4C(=O)CCCS4(=O)=O)sc23)c1O[C@@H]1CN(C(=O)OC(C)(C)C)C[C@@H]1F. The van der Waals surface area contributed by atoms with Crippen LogP contribution in [0.5, 0.6) is 5.75 Å². The molecule has 2 aliphatic rings. The predicted octanol–water partition coefficient (Wildman–Crippen LogP) is 5.71. The van der Waals surface area contributed by atoms with Crippen LogP contribution in [0.15, 0.2) is 30.5 Å². The molecule has 0 aliphatic carbocycles. The summed E-state index contributed by atoms with van der Waals surface area (Å²) in [5.41, 5.74) is 1.92. The molecule has 0 N–H and O–H groups in total. The number of thiophene rings is 1. The number of hydrogen-bond donors (Lipinski definition) is 0. The zero-order chi connectivity index (χ0) is 29.7. The smallest absolute Gasteiger partial charge is 0.410 e. The molecule has 0 spiro atoms. The van der Waals surface area contributed by atoms with Gasteiger partial charge in [-0.2, -0.15) is 0 Å². The van der Waals surface area contributed by atoms with E-state index in [1.165, 1.54) is 16.2 Å². The van der Waals surface area contributed by atoms with E-state index in [-0.39, 0.29) is 31.8 Å². The molecule has 4 heterocycles. The first-order chi connectivity index (χ1) is 19.2. The molecule has 0 radical (unpaired) electrons. The van der Waals surface area contributed by atoms with Gasteiger partial charge in [0.2, 0.25) is 15.9 Å².